The van der Waals surface area contributed by atoms with Crippen LogP contribution in [0.5, 0.6) is 0 Å². The molecule has 0 radical (unpaired) electrons. The number of halogens is 1. The van der Waals surface area contributed by atoms with Gasteiger partial charge in [0.1, 0.15) is 5.82 Å². The van der Waals surface area contributed by atoms with E-state index in [0.717, 1.165) is 48.3 Å². The fraction of sp³-hybridized carbons (Fsp3) is 0.583. The average molecular weight is 602 g/mol. The predicted molar refractivity (Wildman–Crippen MR) is 146 cm³/mol. The largest absolute Gasteiger partial charge is 0.369 e. The number of anilines is 1. The van der Waals surface area contributed by atoms with Crippen LogP contribution in [-0.4, -0.2) is 67.3 Å². The van der Waals surface area contributed by atoms with Crippen molar-refractivity contribution in [3.8, 4) is 0 Å². The molecule has 34 heavy (non-hydrogen) atoms. The van der Waals surface area contributed by atoms with Crippen molar-refractivity contribution >= 4 is 44.3 Å². The van der Waals surface area contributed by atoms with E-state index in [4.69, 9.17) is 0 Å². The number of carbonyl (C=O) groups excluding carboxylic acids is 1. The SMILES string of the molecule is C/C(=C\C=C(/C)S(=O)(=O)N1CCC2(CCCNC2)CC1)CNC(=O)c1ccc(NCCI)nc1. The molecule has 1 amide bonds. The zero-order valence-electron chi connectivity index (χ0n) is 20.1. The van der Waals surface area contributed by atoms with Crippen molar-refractivity contribution in [1.82, 2.24) is 19.9 Å². The molecule has 1 spiro atoms. The predicted octanol–water partition coefficient (Wildman–Crippen LogP) is 3.30. The Labute approximate surface area is 217 Å². The summed E-state index contributed by atoms with van der Waals surface area (Å²) in [4.78, 5) is 17.0. The van der Waals surface area contributed by atoms with Crippen LogP contribution in [0.3, 0.4) is 0 Å². The smallest absolute Gasteiger partial charge is 0.253 e. The van der Waals surface area contributed by atoms with Crippen LogP contribution >= 0.6 is 22.6 Å². The molecule has 2 aliphatic rings. The highest BCUT2D eigenvalue weighted by molar-refractivity contribution is 14.1. The average Bonchev–Trinajstić information content (AvgIpc) is 2.85. The fourth-order valence-corrected chi connectivity index (χ4v) is 5.98. The number of aromatic nitrogens is 1. The summed E-state index contributed by atoms with van der Waals surface area (Å²) in [6, 6.07) is 3.52. The van der Waals surface area contributed by atoms with Crippen LogP contribution in [0.1, 0.15) is 49.9 Å². The number of carbonyl (C=O) groups is 1. The highest BCUT2D eigenvalue weighted by Gasteiger charge is 2.39. The fourth-order valence-electron chi connectivity index (χ4n) is 4.40. The van der Waals surface area contributed by atoms with Gasteiger partial charge in [0.2, 0.25) is 10.0 Å². The Kier molecular flexibility index (Phi) is 9.93. The van der Waals surface area contributed by atoms with E-state index in [-0.39, 0.29) is 11.3 Å². The van der Waals surface area contributed by atoms with E-state index in [1.165, 1.54) is 12.8 Å². The number of hydrogen-bond donors (Lipinski definition) is 3. The number of allylic oxidation sites excluding steroid dienone is 3. The number of nitrogens with one attached hydrogen (secondary N) is 3. The van der Waals surface area contributed by atoms with Gasteiger partial charge in [-0.05, 0) is 69.7 Å². The number of nitrogens with zero attached hydrogens (tertiary/aromatic N) is 2. The molecule has 0 saturated carbocycles. The summed E-state index contributed by atoms with van der Waals surface area (Å²) in [5.41, 5.74) is 1.61. The van der Waals surface area contributed by atoms with Gasteiger partial charge in [-0.3, -0.25) is 4.79 Å². The van der Waals surface area contributed by atoms with Gasteiger partial charge in [-0.2, -0.15) is 4.31 Å². The van der Waals surface area contributed by atoms with Gasteiger partial charge >= 0.3 is 0 Å². The van der Waals surface area contributed by atoms with Gasteiger partial charge in [0.25, 0.3) is 5.91 Å². The van der Waals surface area contributed by atoms with E-state index in [1.807, 2.05) is 6.92 Å². The maximum absolute atomic E-state index is 13.0. The van der Waals surface area contributed by atoms with Crippen molar-refractivity contribution in [2.75, 3.05) is 49.0 Å². The van der Waals surface area contributed by atoms with Crippen LogP contribution in [0.2, 0.25) is 0 Å². The Morgan fingerprint density at radius 3 is 2.62 bits per heavy atom. The number of amides is 1. The lowest BCUT2D eigenvalue weighted by Crippen LogP contribution is -2.49. The molecule has 188 valence electrons. The maximum atomic E-state index is 13.0. The van der Waals surface area contributed by atoms with Gasteiger partial charge in [-0.25, -0.2) is 13.4 Å². The summed E-state index contributed by atoms with van der Waals surface area (Å²) >= 11 is 2.28. The normalized spacial score (nSPS) is 19.7. The first-order chi connectivity index (χ1) is 16.3. The second kappa shape index (κ2) is 12.5. The third kappa shape index (κ3) is 7.25. The number of hydrogen-bond acceptors (Lipinski definition) is 6. The van der Waals surface area contributed by atoms with Crippen molar-refractivity contribution in [2.24, 2.45) is 5.41 Å². The minimum Gasteiger partial charge on any atom is -0.369 e. The molecule has 8 nitrogen and oxygen atoms in total. The zero-order chi connectivity index (χ0) is 24.6. The lowest BCUT2D eigenvalue weighted by Gasteiger charge is -2.44. The number of piperidine rings is 2. The van der Waals surface area contributed by atoms with Crippen LogP contribution < -0.4 is 16.0 Å². The van der Waals surface area contributed by atoms with Gasteiger partial charge in [0.15, 0.2) is 0 Å². The third-order valence-electron chi connectivity index (χ3n) is 6.65. The van der Waals surface area contributed by atoms with E-state index in [1.54, 1.807) is 41.7 Å². The second-order valence-electron chi connectivity index (χ2n) is 9.21. The first-order valence-electron chi connectivity index (χ1n) is 11.8. The molecule has 0 aromatic carbocycles. The minimum atomic E-state index is -3.47. The molecule has 0 bridgehead atoms. The highest BCUT2D eigenvalue weighted by atomic mass is 127. The Morgan fingerprint density at radius 1 is 1.24 bits per heavy atom. The molecular weight excluding hydrogens is 565 g/mol. The molecule has 0 atom stereocenters. The molecule has 10 heteroatoms. The third-order valence-corrected chi connectivity index (χ3v) is 9.18. The van der Waals surface area contributed by atoms with E-state index in [9.17, 15) is 13.2 Å². The lowest BCUT2D eigenvalue weighted by molar-refractivity contribution is 0.0956. The van der Waals surface area contributed by atoms with Crippen LogP contribution in [0.25, 0.3) is 0 Å². The molecule has 2 saturated heterocycles. The van der Waals surface area contributed by atoms with E-state index < -0.39 is 10.0 Å². The molecule has 3 rings (SSSR count). The highest BCUT2D eigenvalue weighted by Crippen LogP contribution is 2.38. The van der Waals surface area contributed by atoms with Crippen LogP contribution in [0.15, 0.2) is 41.0 Å². The Morgan fingerprint density at radius 2 is 2.00 bits per heavy atom. The summed E-state index contributed by atoms with van der Waals surface area (Å²) in [5.74, 6) is 0.527. The monoisotopic (exact) mass is 601 g/mol. The van der Waals surface area contributed by atoms with E-state index in [2.05, 4.69) is 43.5 Å². The standard InChI is InChI=1S/C24H36IN5O3S/c1-19(16-29-23(31)21-6-7-22(28-17-21)27-13-11-25)4-5-20(2)34(32,33)30-14-9-24(10-15-30)8-3-12-26-18-24/h4-7,17,26H,3,8-16,18H2,1-2H3,(H,27,28)(H,29,31)/b19-4+,20-5+. The lowest BCUT2D eigenvalue weighted by atomic mass is 9.73. The number of alkyl halides is 1. The molecular formula is C24H36IN5O3S. The van der Waals surface area contributed by atoms with Crippen molar-refractivity contribution in [3.63, 3.8) is 0 Å². The van der Waals surface area contributed by atoms with E-state index >= 15 is 0 Å². The second-order valence-corrected chi connectivity index (χ2v) is 12.4. The topological polar surface area (TPSA) is 103 Å². The summed E-state index contributed by atoms with van der Waals surface area (Å²) in [6.07, 6.45) is 9.13. The van der Waals surface area contributed by atoms with Gasteiger partial charge < -0.3 is 16.0 Å². The summed E-state index contributed by atoms with van der Waals surface area (Å²) in [7, 11) is -3.47. The van der Waals surface area contributed by atoms with Gasteiger partial charge in [0, 0.05) is 43.3 Å². The molecule has 3 heterocycles. The van der Waals surface area contributed by atoms with Gasteiger partial charge in [0.05, 0.1) is 10.5 Å². The minimum absolute atomic E-state index is 0.214. The van der Waals surface area contributed by atoms with Crippen LogP contribution in [0, 0.1) is 5.41 Å². The first-order valence-corrected chi connectivity index (χ1v) is 14.8. The molecule has 0 aliphatic carbocycles. The molecule has 1 aromatic heterocycles. The Bertz CT molecular complexity index is 992. The van der Waals surface area contributed by atoms with Gasteiger partial charge in [-0.1, -0.05) is 34.2 Å². The van der Waals surface area contributed by atoms with Crippen molar-refractivity contribution < 1.29 is 13.2 Å². The number of rotatable bonds is 9. The molecule has 3 N–H and O–H groups in total. The van der Waals surface area contributed by atoms with Crippen molar-refractivity contribution in [1.29, 1.82) is 0 Å². The van der Waals surface area contributed by atoms with E-state index in [0.29, 0.717) is 30.1 Å². The number of sulfonamides is 1. The molecule has 2 aliphatic heterocycles. The molecule has 1 aromatic rings. The van der Waals surface area contributed by atoms with Crippen LogP contribution in [-0.2, 0) is 10.0 Å². The summed E-state index contributed by atoms with van der Waals surface area (Å²) < 4.78 is 28.7. The first kappa shape index (κ1) is 27.1. The van der Waals surface area contributed by atoms with Crippen LogP contribution in [0.4, 0.5) is 5.82 Å². The summed E-state index contributed by atoms with van der Waals surface area (Å²) in [5, 5.41) is 9.49. The van der Waals surface area contributed by atoms with Crippen molar-refractivity contribution in [3.05, 3.63) is 46.5 Å². The number of pyridine rings is 1. The molecule has 2 fully saturated rings. The maximum Gasteiger partial charge on any atom is 0.253 e. The Hall–Kier alpha value is -1.50. The summed E-state index contributed by atoms with van der Waals surface area (Å²) in [6.45, 7) is 7.88. The zero-order valence-corrected chi connectivity index (χ0v) is 23.0. The van der Waals surface area contributed by atoms with Crippen molar-refractivity contribution in [2.45, 2.75) is 39.5 Å². The Balaban J connectivity index is 1.51. The van der Waals surface area contributed by atoms with Gasteiger partial charge in [-0.15, -0.1) is 0 Å². The quantitative estimate of drug-likeness (QED) is 0.228. The molecule has 0 unspecified atom stereocenters.